The normalized spacial score (nSPS) is 14.4. The average molecular weight is 347 g/mol. The number of hydrogen-bond acceptors (Lipinski definition) is 3. The Labute approximate surface area is 149 Å². The Kier molecular flexibility index (Phi) is 7.09. The minimum absolute atomic E-state index is 0. The topological polar surface area (TPSA) is 41.6 Å². The fourth-order valence-corrected chi connectivity index (χ4v) is 2.67. The molecule has 0 bridgehead atoms. The smallest absolute Gasteiger partial charge is 0.253 e. The standard InChI is InChI=1S/C19H22N2O2.ClH/c22-19(21-13-4-11-20-12-14-21)17-7-9-18(10-8-17)23-15-16-5-2-1-3-6-16;/h1-3,5-10,20H,4,11-15H2;1H. The van der Waals surface area contributed by atoms with Crippen LogP contribution >= 0.6 is 12.4 Å². The van der Waals surface area contributed by atoms with E-state index in [9.17, 15) is 4.79 Å². The van der Waals surface area contributed by atoms with Crippen LogP contribution in [0.2, 0.25) is 0 Å². The number of rotatable bonds is 4. The summed E-state index contributed by atoms with van der Waals surface area (Å²) in [7, 11) is 0. The Morgan fingerprint density at radius 2 is 1.75 bits per heavy atom. The van der Waals surface area contributed by atoms with Gasteiger partial charge in [0.1, 0.15) is 12.4 Å². The first-order valence-electron chi connectivity index (χ1n) is 8.10. The highest BCUT2D eigenvalue weighted by atomic mass is 35.5. The lowest BCUT2D eigenvalue weighted by atomic mass is 10.2. The number of ether oxygens (including phenoxy) is 1. The molecule has 0 saturated carbocycles. The molecular weight excluding hydrogens is 324 g/mol. The molecule has 2 aromatic carbocycles. The maximum Gasteiger partial charge on any atom is 0.253 e. The van der Waals surface area contributed by atoms with E-state index in [0.29, 0.717) is 6.61 Å². The summed E-state index contributed by atoms with van der Waals surface area (Å²) < 4.78 is 5.76. The van der Waals surface area contributed by atoms with E-state index in [2.05, 4.69) is 5.32 Å². The summed E-state index contributed by atoms with van der Waals surface area (Å²) in [4.78, 5) is 14.4. The van der Waals surface area contributed by atoms with Gasteiger partial charge in [0, 0.05) is 25.2 Å². The third-order valence-corrected chi connectivity index (χ3v) is 3.98. The highest BCUT2D eigenvalue weighted by Gasteiger charge is 2.16. The van der Waals surface area contributed by atoms with Crippen molar-refractivity contribution in [3.8, 4) is 5.75 Å². The molecule has 0 aliphatic carbocycles. The Balaban J connectivity index is 0.00000208. The highest BCUT2D eigenvalue weighted by Crippen LogP contribution is 2.16. The van der Waals surface area contributed by atoms with Crippen LogP contribution in [0.5, 0.6) is 5.75 Å². The number of amides is 1. The van der Waals surface area contributed by atoms with Crippen LogP contribution in [0.4, 0.5) is 0 Å². The first-order chi connectivity index (χ1) is 11.3. The molecule has 1 heterocycles. The molecule has 24 heavy (non-hydrogen) atoms. The SMILES string of the molecule is Cl.O=C(c1ccc(OCc2ccccc2)cc1)N1CCCNCC1. The summed E-state index contributed by atoms with van der Waals surface area (Å²) in [5, 5.41) is 3.31. The van der Waals surface area contributed by atoms with Crippen molar-refractivity contribution in [3.05, 3.63) is 65.7 Å². The van der Waals surface area contributed by atoms with Crippen LogP contribution < -0.4 is 10.1 Å². The van der Waals surface area contributed by atoms with Crippen molar-refractivity contribution >= 4 is 18.3 Å². The number of benzene rings is 2. The van der Waals surface area contributed by atoms with E-state index in [1.807, 2.05) is 59.5 Å². The maximum absolute atomic E-state index is 12.5. The molecule has 1 aliphatic heterocycles. The molecule has 1 amide bonds. The van der Waals surface area contributed by atoms with E-state index in [4.69, 9.17) is 4.74 Å². The molecular formula is C19H23ClN2O2. The molecule has 2 aromatic rings. The van der Waals surface area contributed by atoms with Gasteiger partial charge in [-0.15, -0.1) is 12.4 Å². The van der Waals surface area contributed by atoms with Crippen molar-refractivity contribution in [1.29, 1.82) is 0 Å². The van der Waals surface area contributed by atoms with E-state index in [1.165, 1.54) is 0 Å². The summed E-state index contributed by atoms with van der Waals surface area (Å²) in [6.07, 6.45) is 1.00. The van der Waals surface area contributed by atoms with Crippen LogP contribution in [0.1, 0.15) is 22.3 Å². The predicted molar refractivity (Wildman–Crippen MR) is 97.9 cm³/mol. The molecule has 0 aromatic heterocycles. The van der Waals surface area contributed by atoms with Gasteiger partial charge in [-0.25, -0.2) is 0 Å². The van der Waals surface area contributed by atoms with Gasteiger partial charge in [-0.1, -0.05) is 30.3 Å². The Bertz CT molecular complexity index is 624. The van der Waals surface area contributed by atoms with Crippen LogP contribution in [0.3, 0.4) is 0 Å². The number of hydrogen-bond donors (Lipinski definition) is 1. The van der Waals surface area contributed by atoms with Gasteiger partial charge >= 0.3 is 0 Å². The largest absolute Gasteiger partial charge is 0.489 e. The first kappa shape index (κ1) is 18.3. The number of carbonyl (C=O) groups is 1. The molecule has 1 fully saturated rings. The molecule has 1 saturated heterocycles. The zero-order valence-corrected chi connectivity index (χ0v) is 14.4. The van der Waals surface area contributed by atoms with Crippen molar-refractivity contribution in [3.63, 3.8) is 0 Å². The van der Waals surface area contributed by atoms with E-state index in [1.54, 1.807) is 0 Å². The lowest BCUT2D eigenvalue weighted by Gasteiger charge is -2.20. The second-order valence-electron chi connectivity index (χ2n) is 5.69. The van der Waals surface area contributed by atoms with Gasteiger partial charge in [-0.3, -0.25) is 4.79 Å². The van der Waals surface area contributed by atoms with E-state index < -0.39 is 0 Å². The Hall–Kier alpha value is -2.04. The summed E-state index contributed by atoms with van der Waals surface area (Å²) in [6.45, 7) is 3.97. The second-order valence-corrected chi connectivity index (χ2v) is 5.69. The van der Waals surface area contributed by atoms with Crippen LogP contribution in [0, 0.1) is 0 Å². The third kappa shape index (κ3) is 4.98. The Morgan fingerprint density at radius 1 is 1.00 bits per heavy atom. The Morgan fingerprint density at radius 3 is 2.50 bits per heavy atom. The molecule has 128 valence electrons. The number of nitrogens with zero attached hydrogens (tertiary/aromatic N) is 1. The summed E-state index contributed by atoms with van der Waals surface area (Å²) in [6, 6.07) is 17.5. The van der Waals surface area contributed by atoms with Crippen molar-refractivity contribution in [2.45, 2.75) is 13.0 Å². The molecule has 4 nitrogen and oxygen atoms in total. The van der Waals surface area contributed by atoms with Gasteiger partial charge in [-0.05, 0) is 42.8 Å². The summed E-state index contributed by atoms with van der Waals surface area (Å²) >= 11 is 0. The summed E-state index contributed by atoms with van der Waals surface area (Å²) in [5.74, 6) is 0.881. The second kappa shape index (κ2) is 9.30. The molecule has 0 unspecified atom stereocenters. The van der Waals surface area contributed by atoms with Gasteiger partial charge < -0.3 is 15.0 Å². The molecule has 1 aliphatic rings. The van der Waals surface area contributed by atoms with Crippen LogP contribution in [-0.2, 0) is 6.61 Å². The zero-order valence-electron chi connectivity index (χ0n) is 13.6. The summed E-state index contributed by atoms with van der Waals surface area (Å²) in [5.41, 5.74) is 1.85. The van der Waals surface area contributed by atoms with Crippen LogP contribution in [0.25, 0.3) is 0 Å². The number of carbonyl (C=O) groups excluding carboxylic acids is 1. The van der Waals surface area contributed by atoms with Crippen LogP contribution in [0.15, 0.2) is 54.6 Å². The molecule has 0 atom stereocenters. The van der Waals surface area contributed by atoms with Gasteiger partial charge in [-0.2, -0.15) is 0 Å². The van der Waals surface area contributed by atoms with Crippen molar-refractivity contribution in [2.24, 2.45) is 0 Å². The highest BCUT2D eigenvalue weighted by molar-refractivity contribution is 5.94. The fraction of sp³-hybridized carbons (Fsp3) is 0.316. The minimum Gasteiger partial charge on any atom is -0.489 e. The van der Waals surface area contributed by atoms with Gasteiger partial charge in [0.05, 0.1) is 0 Å². The van der Waals surface area contributed by atoms with E-state index in [0.717, 1.165) is 49.5 Å². The van der Waals surface area contributed by atoms with Crippen molar-refractivity contribution < 1.29 is 9.53 Å². The lowest BCUT2D eigenvalue weighted by molar-refractivity contribution is 0.0766. The van der Waals surface area contributed by atoms with Gasteiger partial charge in [0.2, 0.25) is 0 Å². The molecule has 0 spiro atoms. The van der Waals surface area contributed by atoms with Crippen molar-refractivity contribution in [2.75, 3.05) is 26.2 Å². The number of nitrogens with one attached hydrogen (secondary N) is 1. The first-order valence-corrected chi connectivity index (χ1v) is 8.10. The van der Waals surface area contributed by atoms with Gasteiger partial charge in [0.25, 0.3) is 5.91 Å². The lowest BCUT2D eigenvalue weighted by Crippen LogP contribution is -2.34. The zero-order chi connectivity index (χ0) is 15.9. The monoisotopic (exact) mass is 346 g/mol. The van der Waals surface area contributed by atoms with Crippen molar-refractivity contribution in [1.82, 2.24) is 10.2 Å². The molecule has 3 rings (SSSR count). The molecule has 0 radical (unpaired) electrons. The average Bonchev–Trinajstić information content (AvgIpc) is 2.90. The minimum atomic E-state index is 0. The fourth-order valence-electron chi connectivity index (χ4n) is 2.67. The van der Waals surface area contributed by atoms with E-state index >= 15 is 0 Å². The predicted octanol–water partition coefficient (Wildman–Crippen LogP) is 3.12. The van der Waals surface area contributed by atoms with Crippen LogP contribution in [-0.4, -0.2) is 37.0 Å². The third-order valence-electron chi connectivity index (χ3n) is 3.98. The van der Waals surface area contributed by atoms with Gasteiger partial charge in [0.15, 0.2) is 0 Å². The maximum atomic E-state index is 12.5. The molecule has 5 heteroatoms. The molecule has 1 N–H and O–H groups in total. The number of halogens is 1. The quantitative estimate of drug-likeness (QED) is 0.924. The van der Waals surface area contributed by atoms with E-state index in [-0.39, 0.29) is 18.3 Å².